The Morgan fingerprint density at radius 2 is 1.21 bits per heavy atom. The Labute approximate surface area is 719 Å². The van der Waals surface area contributed by atoms with E-state index in [9.17, 15) is 68.9 Å². The van der Waals surface area contributed by atoms with Crippen LogP contribution in [0.2, 0.25) is 0 Å². The summed E-state index contributed by atoms with van der Waals surface area (Å²) < 4.78 is 39.8. The molecule has 3 rings (SSSR count). The molecule has 0 bridgehead atoms. The number of morpholine rings is 1. The second-order valence-electron chi connectivity index (χ2n) is 30.2. The van der Waals surface area contributed by atoms with E-state index in [2.05, 4.69) is 55.6 Å². The van der Waals surface area contributed by atoms with Gasteiger partial charge in [0, 0.05) is 70.6 Å². The number of aliphatic carboxylic acids is 1. The molecule has 24 nitrogen and oxygen atoms in total. The van der Waals surface area contributed by atoms with Crippen molar-refractivity contribution in [3.05, 3.63) is 58.7 Å². The summed E-state index contributed by atoms with van der Waals surface area (Å²) in [6.07, 6.45) is 35.9. The van der Waals surface area contributed by atoms with Gasteiger partial charge in [-0.05, 0) is 110 Å². The molecule has 6 atom stereocenters. The van der Waals surface area contributed by atoms with Crippen LogP contribution in [0.25, 0.3) is 6.08 Å². The molecule has 1 aromatic carbocycles. The number of thiol groups is 1. The third-order valence-electron chi connectivity index (χ3n) is 19.9. The van der Waals surface area contributed by atoms with Gasteiger partial charge in [-0.15, -0.1) is 0 Å². The van der Waals surface area contributed by atoms with E-state index in [0.29, 0.717) is 50.6 Å². The number of esters is 2. The smallest absolute Gasteiger partial charge is 0.862 e. The van der Waals surface area contributed by atoms with Gasteiger partial charge in [-0.2, -0.15) is 23.2 Å². The van der Waals surface area contributed by atoms with Crippen LogP contribution in [0.4, 0.5) is 5.69 Å². The summed E-state index contributed by atoms with van der Waals surface area (Å²) in [5.74, 6) is -10.7. The van der Waals surface area contributed by atoms with Gasteiger partial charge in [0.25, 0.3) is 0 Å². The minimum atomic E-state index is -4.75. The van der Waals surface area contributed by atoms with Crippen LogP contribution in [-0.2, 0) is 61.4 Å². The number of amides is 2. The molecule has 2 aliphatic rings. The van der Waals surface area contributed by atoms with Crippen molar-refractivity contribution in [2.75, 3.05) is 83.7 Å². The topological polar surface area (TPSA) is 360 Å². The number of nitriles is 2. The fourth-order valence-corrected chi connectivity index (χ4v) is 14.4. The first-order valence-corrected chi connectivity index (χ1v) is 43.1. The first-order chi connectivity index (χ1) is 52.9. The zero-order valence-electron chi connectivity index (χ0n) is 69.2. The molecule has 3 N–H and O–H groups in total. The predicted molar refractivity (Wildman–Crippen MR) is 430 cm³/mol. The van der Waals surface area contributed by atoms with Crippen LogP contribution in [0.3, 0.4) is 0 Å². The number of rotatable bonds is 63. The molecule has 112 heavy (non-hydrogen) atoms. The van der Waals surface area contributed by atoms with Gasteiger partial charge >= 0.3 is 84.8 Å². The summed E-state index contributed by atoms with van der Waals surface area (Å²) in [7, 11) is -4.75. The third-order valence-corrected chi connectivity index (χ3v) is 21.3. The molecule has 0 spiro atoms. The van der Waals surface area contributed by atoms with Crippen LogP contribution in [0.15, 0.2) is 63.1 Å². The van der Waals surface area contributed by atoms with Crippen LogP contribution in [0.5, 0.6) is 0 Å². The van der Waals surface area contributed by atoms with E-state index in [4.69, 9.17) is 23.3 Å². The summed E-state index contributed by atoms with van der Waals surface area (Å²) >= 11 is 4.04. The number of benzene rings is 1. The number of ketones is 2. The molecule has 1 saturated heterocycles. The van der Waals surface area contributed by atoms with E-state index in [1.165, 1.54) is 121 Å². The number of phosphoric acid groups is 1. The standard InChI is InChI=1S/C84H134N7O17PS.2Na/c1-7-10-12-14-16-18-20-22-24-26-28-30-34-38-78(95)105-63-71(108-79(96)39-35-31-29-27-25-23-21-19-17-15-13-11-8-2)64-107-109(102,103)106-52-48-87-77(94)37-33-32-36-46-88-80(97)65(4)55-73(82(99)91-50-53-104-54-51-91)74(92)57-72(75(93)58-76(110)83(100)101)81(98)89-47-49-90(9-3)70-44-42-66(43-45-70)40-41-67-56-68(69(61-85)62-86)60-84(5,6)59-67;;/h40-45,56,65,71-73,76,110H,7-39,46-55,57-60,63-64H2,1-6H3,(H,87,94)(H,88,97)(H,89,98)(H,100,101)(H,102,103);;/q;2*+1/p-2/b41-40+;;. The molecule has 1 aromatic rings. The Morgan fingerprint density at radius 3 is 1.74 bits per heavy atom. The number of Topliss-reactive ketones (excluding diaryl/α,β-unsaturated/α-hetero) is 2. The zero-order chi connectivity index (χ0) is 80.8. The summed E-state index contributed by atoms with van der Waals surface area (Å²) in [6.45, 7) is 12.0. The number of phosphoric ester groups is 1. The maximum Gasteiger partial charge on any atom is 1.00 e. The Hall–Kier alpha value is -4.73. The second kappa shape index (κ2) is 63.4. The fourth-order valence-electron chi connectivity index (χ4n) is 13.5. The molecule has 1 fully saturated rings. The van der Waals surface area contributed by atoms with Crippen LogP contribution in [0, 0.1) is 45.8 Å². The van der Waals surface area contributed by atoms with E-state index < -0.39 is 116 Å². The molecule has 6 unspecified atom stereocenters. The fraction of sp³-hybridized carbons (Fsp3) is 0.726. The quantitative estimate of drug-likeness (QED) is 0.00544. The Kier molecular flexibility index (Phi) is 59.6. The van der Waals surface area contributed by atoms with Crippen LogP contribution in [0.1, 0.15) is 285 Å². The minimum absolute atomic E-state index is 0. The van der Waals surface area contributed by atoms with Crippen LogP contribution in [-0.4, -0.2) is 158 Å². The summed E-state index contributed by atoms with van der Waals surface area (Å²) in [4.78, 5) is 116. The first-order valence-electron chi connectivity index (χ1n) is 41.1. The van der Waals surface area contributed by atoms with E-state index in [-0.39, 0.29) is 155 Å². The monoisotopic (exact) mass is 1620 g/mol. The number of unbranched alkanes of at least 4 members (excludes halogenated alkanes) is 26. The van der Waals surface area contributed by atoms with Crippen molar-refractivity contribution in [3.8, 4) is 12.1 Å². The van der Waals surface area contributed by atoms with Gasteiger partial charge in [-0.1, -0.05) is 226 Å². The number of aliphatic imine (C=N–C) groups is 2. The number of allylic oxidation sites excluding steroid dienone is 5. The van der Waals surface area contributed by atoms with Crippen molar-refractivity contribution in [1.82, 2.24) is 10.2 Å². The third kappa shape index (κ3) is 48.1. The number of hydrogen-bond acceptors (Lipinski definition) is 21. The number of ether oxygens (including phenoxy) is 3. The van der Waals surface area contributed by atoms with Crippen molar-refractivity contribution in [2.24, 2.45) is 33.2 Å². The van der Waals surface area contributed by atoms with E-state index in [1.807, 2.05) is 66.5 Å². The van der Waals surface area contributed by atoms with Crippen molar-refractivity contribution in [3.63, 3.8) is 0 Å². The van der Waals surface area contributed by atoms with Crippen LogP contribution < -0.4 is 79.5 Å². The first kappa shape index (κ1) is 105. The number of carbonyl (C=O) groups excluding carboxylic acids is 6. The van der Waals surface area contributed by atoms with E-state index >= 15 is 0 Å². The van der Waals surface area contributed by atoms with Crippen molar-refractivity contribution < 1.29 is 141 Å². The minimum Gasteiger partial charge on any atom is -0.862 e. The zero-order valence-corrected chi connectivity index (χ0v) is 75.0. The Morgan fingerprint density at radius 1 is 0.688 bits per heavy atom. The summed E-state index contributed by atoms with van der Waals surface area (Å²) in [5.41, 5.74) is 3.40. The molecule has 2 amide bonds. The number of likely N-dealkylation sites (N-methyl/N-ethyl adjacent to an activating group) is 1. The largest absolute Gasteiger partial charge is 1.00 e. The Bertz CT molecular complexity index is 3190. The van der Waals surface area contributed by atoms with Crippen molar-refractivity contribution in [1.29, 1.82) is 10.5 Å². The molecule has 1 aliphatic heterocycles. The molecular weight excluding hydrogens is 1490 g/mol. The number of carboxylic acid groups (broad SMARTS) is 1. The molecular formula is C84H132N7Na2O17PS. The van der Waals surface area contributed by atoms with Gasteiger partial charge in [-0.3, -0.25) is 42.6 Å². The SMILES string of the molecule is CCCCCCCCCCCCCCCC(=O)OCC(COP(=O)(O)OCCN=C([O-])CCCCCN=C([O-])C(C)CC(C(=O)CC(C(=O)CC(S)C(=O)O)C(=O)NCCN(CC)c1ccc(/C=C/C2=CC(=C(C#N)C#N)CC(C)(C)C2)cc1)C(=O)N1CCOCC1)OC(=O)CCCCCCCCCCCCCCC.[Na+].[Na+]. The number of nitrogens with zero attached hydrogens (tertiary/aromatic N) is 6. The number of carbonyl (C=O) groups is 7. The normalized spacial score (nSPS) is 15.5. The average Bonchev–Trinajstić information content (AvgIpc) is 0.828. The summed E-state index contributed by atoms with van der Waals surface area (Å²) in [6, 6.07) is 11.7. The number of carboxylic acids is 1. The maximum absolute atomic E-state index is 14.5. The molecule has 618 valence electrons. The maximum atomic E-state index is 14.5. The second-order valence-corrected chi connectivity index (χ2v) is 32.3. The molecule has 1 heterocycles. The van der Waals surface area contributed by atoms with Gasteiger partial charge < -0.3 is 59.5 Å². The molecule has 0 aromatic heterocycles. The van der Waals surface area contributed by atoms with Crippen LogP contribution >= 0.6 is 20.5 Å². The molecule has 28 heteroatoms. The number of hydrogen-bond donors (Lipinski definition) is 4. The molecule has 0 radical (unpaired) electrons. The van der Waals surface area contributed by atoms with E-state index in [1.54, 1.807) is 0 Å². The predicted octanol–water partition coefficient (Wildman–Crippen LogP) is 8.79. The van der Waals surface area contributed by atoms with Gasteiger partial charge in [0.2, 0.25) is 11.8 Å². The molecule has 0 saturated carbocycles. The van der Waals surface area contributed by atoms with Gasteiger partial charge in [0.15, 0.2) is 6.10 Å². The Balaban J connectivity index is 0.0000314. The average molecular weight is 1620 g/mol. The number of nitrogens with one attached hydrogen (secondary N) is 1. The van der Waals surface area contributed by atoms with Gasteiger partial charge in [0.05, 0.1) is 38.9 Å². The van der Waals surface area contributed by atoms with Crippen molar-refractivity contribution in [2.45, 2.75) is 290 Å². The van der Waals surface area contributed by atoms with Gasteiger partial charge in [0.1, 0.15) is 47.1 Å². The number of anilines is 1. The van der Waals surface area contributed by atoms with Gasteiger partial charge in [-0.25, -0.2) is 4.57 Å². The van der Waals surface area contributed by atoms with E-state index in [0.717, 1.165) is 68.2 Å². The summed E-state index contributed by atoms with van der Waals surface area (Å²) in [5, 5.41) is 56.2. The molecule has 1 aliphatic carbocycles. The van der Waals surface area contributed by atoms with Crippen molar-refractivity contribution >= 4 is 85.3 Å².